The molecule has 0 spiro atoms. The zero-order valence-corrected chi connectivity index (χ0v) is 14.5. The third-order valence-electron chi connectivity index (χ3n) is 4.16. The van der Waals surface area contributed by atoms with Gasteiger partial charge in [0.1, 0.15) is 0 Å². The molecule has 0 aliphatic carbocycles. The van der Waals surface area contributed by atoms with Gasteiger partial charge in [0.05, 0.1) is 7.11 Å². The van der Waals surface area contributed by atoms with Gasteiger partial charge in [-0.1, -0.05) is 69.3 Å². The standard InChI is InChI=1S/C20H23NO3/c1-19(2,3)20(18(23)24-4,16-13-9-6-10-14-16)21-17(22)15-11-7-5-8-12-15/h5-14H,1-4H3,(H,21,22)/t20-/m1/s1. The first-order chi connectivity index (χ1) is 11.3. The quantitative estimate of drug-likeness (QED) is 0.875. The molecular weight excluding hydrogens is 302 g/mol. The number of hydrogen-bond donors (Lipinski definition) is 1. The molecule has 0 saturated heterocycles. The second-order valence-electron chi connectivity index (χ2n) is 6.68. The third-order valence-corrected chi connectivity index (χ3v) is 4.16. The highest BCUT2D eigenvalue weighted by Crippen LogP contribution is 2.40. The van der Waals surface area contributed by atoms with Gasteiger partial charge in [-0.2, -0.15) is 0 Å². The van der Waals surface area contributed by atoms with E-state index in [0.29, 0.717) is 11.1 Å². The Kier molecular flexibility index (Phi) is 5.07. The molecule has 2 aromatic carbocycles. The fourth-order valence-electron chi connectivity index (χ4n) is 2.84. The van der Waals surface area contributed by atoms with Crippen molar-refractivity contribution < 1.29 is 14.3 Å². The van der Waals surface area contributed by atoms with Crippen LogP contribution in [0.25, 0.3) is 0 Å². The monoisotopic (exact) mass is 325 g/mol. The highest BCUT2D eigenvalue weighted by molar-refractivity contribution is 5.98. The molecule has 2 aromatic rings. The van der Waals surface area contributed by atoms with E-state index in [1.807, 2.05) is 57.2 Å². The van der Waals surface area contributed by atoms with Crippen LogP contribution in [0.3, 0.4) is 0 Å². The van der Waals surface area contributed by atoms with Crippen LogP contribution in [0.15, 0.2) is 60.7 Å². The molecule has 1 N–H and O–H groups in total. The van der Waals surface area contributed by atoms with E-state index in [-0.39, 0.29) is 5.91 Å². The number of esters is 1. The van der Waals surface area contributed by atoms with Gasteiger partial charge in [-0.3, -0.25) is 4.79 Å². The maximum atomic E-state index is 12.8. The van der Waals surface area contributed by atoms with E-state index < -0.39 is 16.9 Å². The molecule has 0 fully saturated rings. The molecule has 0 aromatic heterocycles. The van der Waals surface area contributed by atoms with Crippen molar-refractivity contribution in [3.05, 3.63) is 71.8 Å². The Labute approximate surface area is 142 Å². The molecule has 2 rings (SSSR count). The zero-order chi connectivity index (χ0) is 17.8. The minimum absolute atomic E-state index is 0.320. The highest BCUT2D eigenvalue weighted by Gasteiger charge is 2.52. The smallest absolute Gasteiger partial charge is 0.336 e. The van der Waals surface area contributed by atoms with Gasteiger partial charge in [0.2, 0.25) is 0 Å². The van der Waals surface area contributed by atoms with Crippen LogP contribution in [-0.2, 0) is 15.1 Å². The van der Waals surface area contributed by atoms with E-state index in [0.717, 1.165) is 0 Å². The minimum Gasteiger partial charge on any atom is -0.467 e. The van der Waals surface area contributed by atoms with Gasteiger partial charge in [-0.15, -0.1) is 0 Å². The minimum atomic E-state index is -1.30. The average molecular weight is 325 g/mol. The van der Waals surface area contributed by atoms with E-state index in [1.165, 1.54) is 7.11 Å². The van der Waals surface area contributed by atoms with Crippen molar-refractivity contribution in [1.82, 2.24) is 5.32 Å². The maximum Gasteiger partial charge on any atom is 0.336 e. The summed E-state index contributed by atoms with van der Waals surface area (Å²) in [5.74, 6) is -0.815. The zero-order valence-electron chi connectivity index (χ0n) is 14.5. The van der Waals surface area contributed by atoms with Crippen LogP contribution in [0.2, 0.25) is 0 Å². The highest BCUT2D eigenvalue weighted by atomic mass is 16.5. The second kappa shape index (κ2) is 6.87. The van der Waals surface area contributed by atoms with Gasteiger partial charge in [0.25, 0.3) is 5.91 Å². The third kappa shape index (κ3) is 3.18. The van der Waals surface area contributed by atoms with Gasteiger partial charge < -0.3 is 10.1 Å². The van der Waals surface area contributed by atoms with E-state index in [4.69, 9.17) is 4.74 Å². The van der Waals surface area contributed by atoms with Crippen molar-refractivity contribution in [3.63, 3.8) is 0 Å². The molecule has 1 amide bonds. The molecule has 0 radical (unpaired) electrons. The van der Waals surface area contributed by atoms with Crippen LogP contribution in [0.1, 0.15) is 36.7 Å². The summed E-state index contributed by atoms with van der Waals surface area (Å²) in [5.41, 5.74) is -0.721. The van der Waals surface area contributed by atoms with E-state index in [9.17, 15) is 9.59 Å². The Bertz CT molecular complexity index is 705. The van der Waals surface area contributed by atoms with Gasteiger partial charge in [-0.05, 0) is 17.7 Å². The summed E-state index contributed by atoms with van der Waals surface area (Å²) < 4.78 is 5.08. The number of benzene rings is 2. The number of rotatable bonds is 4. The number of methoxy groups -OCH3 is 1. The summed E-state index contributed by atoms with van der Waals surface area (Å²) in [6.45, 7) is 5.71. The first-order valence-electron chi connectivity index (χ1n) is 7.84. The van der Waals surface area contributed by atoms with Crippen LogP contribution in [0, 0.1) is 5.41 Å². The molecule has 0 heterocycles. The van der Waals surface area contributed by atoms with Gasteiger partial charge >= 0.3 is 5.97 Å². The maximum absolute atomic E-state index is 12.8. The second-order valence-corrected chi connectivity index (χ2v) is 6.68. The molecule has 1 atom stereocenters. The lowest BCUT2D eigenvalue weighted by atomic mass is 9.69. The van der Waals surface area contributed by atoms with E-state index in [1.54, 1.807) is 24.3 Å². The molecule has 4 nitrogen and oxygen atoms in total. The number of hydrogen-bond acceptors (Lipinski definition) is 3. The fourth-order valence-corrected chi connectivity index (χ4v) is 2.84. The van der Waals surface area contributed by atoms with Crippen molar-refractivity contribution in [2.75, 3.05) is 7.11 Å². The van der Waals surface area contributed by atoms with Crippen LogP contribution >= 0.6 is 0 Å². The molecule has 24 heavy (non-hydrogen) atoms. The topological polar surface area (TPSA) is 55.4 Å². The number of carbonyl (C=O) groups excluding carboxylic acids is 2. The first-order valence-corrected chi connectivity index (χ1v) is 7.84. The Morgan fingerprint density at radius 2 is 1.38 bits per heavy atom. The summed E-state index contributed by atoms with van der Waals surface area (Å²) in [6, 6.07) is 18.0. The van der Waals surface area contributed by atoms with Gasteiger partial charge in [0, 0.05) is 11.0 Å². The first kappa shape index (κ1) is 17.7. The Morgan fingerprint density at radius 1 is 0.875 bits per heavy atom. The summed E-state index contributed by atoms with van der Waals surface area (Å²) in [6.07, 6.45) is 0. The lowest BCUT2D eigenvalue weighted by Gasteiger charge is -2.43. The van der Waals surface area contributed by atoms with Crippen molar-refractivity contribution in [2.45, 2.75) is 26.3 Å². The van der Waals surface area contributed by atoms with Crippen LogP contribution < -0.4 is 5.32 Å². The SMILES string of the molecule is COC(=O)[C@](NC(=O)c1ccccc1)(c1ccccc1)C(C)(C)C. The molecule has 0 bridgehead atoms. The average Bonchev–Trinajstić information content (AvgIpc) is 2.59. The van der Waals surface area contributed by atoms with Crippen LogP contribution in [-0.4, -0.2) is 19.0 Å². The summed E-state index contributed by atoms with van der Waals surface area (Å²) >= 11 is 0. The number of amides is 1. The number of carbonyl (C=O) groups is 2. The van der Waals surface area contributed by atoms with Crippen molar-refractivity contribution in [1.29, 1.82) is 0 Å². The number of nitrogens with one attached hydrogen (secondary N) is 1. The van der Waals surface area contributed by atoms with E-state index >= 15 is 0 Å². The molecular formula is C20H23NO3. The lowest BCUT2D eigenvalue weighted by molar-refractivity contribution is -0.154. The summed E-state index contributed by atoms with van der Waals surface area (Å²) in [4.78, 5) is 25.6. The van der Waals surface area contributed by atoms with E-state index in [2.05, 4.69) is 5.32 Å². The van der Waals surface area contributed by atoms with Gasteiger partial charge in [-0.25, -0.2) is 4.79 Å². The Hall–Kier alpha value is -2.62. The molecule has 126 valence electrons. The van der Waals surface area contributed by atoms with Crippen LogP contribution in [0.4, 0.5) is 0 Å². The van der Waals surface area contributed by atoms with Crippen molar-refractivity contribution in [3.8, 4) is 0 Å². The predicted octanol–water partition coefficient (Wildman–Crippen LogP) is 3.53. The molecule has 4 heteroatoms. The summed E-state index contributed by atoms with van der Waals surface area (Å²) in [5, 5.41) is 2.94. The van der Waals surface area contributed by atoms with Crippen molar-refractivity contribution in [2.24, 2.45) is 5.41 Å². The molecule has 0 saturated carbocycles. The fraction of sp³-hybridized carbons (Fsp3) is 0.300. The summed E-state index contributed by atoms with van der Waals surface area (Å²) in [7, 11) is 1.33. The van der Waals surface area contributed by atoms with Crippen LogP contribution in [0.5, 0.6) is 0 Å². The molecule has 0 aliphatic heterocycles. The molecule has 0 unspecified atom stereocenters. The lowest BCUT2D eigenvalue weighted by Crippen LogP contribution is -2.60. The molecule has 0 aliphatic rings. The Morgan fingerprint density at radius 3 is 1.83 bits per heavy atom. The number of ether oxygens (including phenoxy) is 1. The van der Waals surface area contributed by atoms with Crippen molar-refractivity contribution >= 4 is 11.9 Å². The Balaban J connectivity index is 2.58. The van der Waals surface area contributed by atoms with Gasteiger partial charge in [0.15, 0.2) is 5.54 Å². The largest absolute Gasteiger partial charge is 0.467 e. The normalized spacial score (nSPS) is 13.7. The predicted molar refractivity (Wildman–Crippen MR) is 93.5 cm³/mol.